The third-order valence-electron chi connectivity index (χ3n) is 1.18. The van der Waals surface area contributed by atoms with Crippen molar-refractivity contribution >= 4 is 23.2 Å². The van der Waals surface area contributed by atoms with Crippen molar-refractivity contribution < 1.29 is 9.90 Å². The van der Waals surface area contributed by atoms with E-state index in [2.05, 4.69) is 16.2 Å². The Morgan fingerprint density at radius 1 is 1.46 bits per heavy atom. The van der Waals surface area contributed by atoms with E-state index in [9.17, 15) is 9.90 Å². The van der Waals surface area contributed by atoms with Crippen LogP contribution in [0.5, 0.6) is 0 Å². The Balaban J connectivity index is 3.77. The van der Waals surface area contributed by atoms with Crippen LogP contribution in [0.2, 0.25) is 0 Å². The molecule has 0 atom stereocenters. The first-order chi connectivity index (χ1) is 5.88. The zero-order valence-corrected chi connectivity index (χ0v) is 8.79. The molecule has 0 rings (SSSR count). The topological polar surface area (TPSA) is 73.4 Å². The van der Waals surface area contributed by atoms with E-state index in [4.69, 9.17) is 12.2 Å². The predicted octanol–water partition coefficient (Wildman–Crippen LogP) is -0.727. The number of hydrogen-bond donors (Lipinski definition) is 4. The zero-order chi connectivity index (χ0) is 10.5. The van der Waals surface area contributed by atoms with Crippen LogP contribution in [0.15, 0.2) is 0 Å². The summed E-state index contributed by atoms with van der Waals surface area (Å²) < 4.78 is 0. The summed E-state index contributed by atoms with van der Waals surface area (Å²) >= 11 is 4.78. The largest absolute Gasteiger partial charge is 0.381 e. The van der Waals surface area contributed by atoms with Crippen LogP contribution >= 0.6 is 12.2 Å². The fraction of sp³-hybridized carbons (Fsp3) is 0.714. The van der Waals surface area contributed by atoms with E-state index < -0.39 is 11.5 Å². The number of thiocarbonyl (C=S) groups is 1. The minimum absolute atomic E-state index is 0.320. The van der Waals surface area contributed by atoms with Crippen LogP contribution in [0.4, 0.5) is 0 Å². The Morgan fingerprint density at radius 2 is 2.00 bits per heavy atom. The number of nitrogens with one attached hydrogen (secondary N) is 3. The Hall–Kier alpha value is -0.880. The molecular weight excluding hydrogens is 190 g/mol. The maximum absolute atomic E-state index is 11.1. The van der Waals surface area contributed by atoms with Crippen LogP contribution in [0, 0.1) is 0 Å². The summed E-state index contributed by atoms with van der Waals surface area (Å²) in [6, 6.07) is 0. The van der Waals surface area contributed by atoms with E-state index in [1.165, 1.54) is 13.8 Å². The van der Waals surface area contributed by atoms with Crippen LogP contribution in [0.3, 0.4) is 0 Å². The minimum atomic E-state index is -1.41. The molecule has 0 heterocycles. The normalized spacial score (nSPS) is 10.5. The molecule has 6 heteroatoms. The molecule has 0 aromatic carbocycles. The van der Waals surface area contributed by atoms with Crippen LogP contribution in [0.25, 0.3) is 0 Å². The van der Waals surface area contributed by atoms with E-state index in [1.54, 1.807) is 0 Å². The average molecular weight is 205 g/mol. The summed E-state index contributed by atoms with van der Waals surface area (Å²) in [5.41, 5.74) is 3.31. The van der Waals surface area contributed by atoms with Gasteiger partial charge in [0.2, 0.25) is 0 Å². The molecule has 0 saturated heterocycles. The lowest BCUT2D eigenvalue weighted by Gasteiger charge is -2.17. The van der Waals surface area contributed by atoms with Crippen LogP contribution in [0.1, 0.15) is 20.8 Å². The SMILES string of the molecule is CCNC(=S)NNC(=O)C(C)(C)O. The molecular formula is C7H15N3O2S. The van der Waals surface area contributed by atoms with E-state index in [0.717, 1.165) is 0 Å². The van der Waals surface area contributed by atoms with Gasteiger partial charge in [-0.05, 0) is 33.0 Å². The van der Waals surface area contributed by atoms with Crippen molar-refractivity contribution in [3.63, 3.8) is 0 Å². The van der Waals surface area contributed by atoms with Gasteiger partial charge in [-0.1, -0.05) is 0 Å². The Kier molecular flexibility index (Phi) is 4.64. The smallest absolute Gasteiger partial charge is 0.269 e. The van der Waals surface area contributed by atoms with Crippen molar-refractivity contribution in [3.8, 4) is 0 Å². The Labute approximate surface area is 82.9 Å². The maximum Gasteiger partial charge on any atom is 0.269 e. The minimum Gasteiger partial charge on any atom is -0.381 e. The van der Waals surface area contributed by atoms with E-state index in [-0.39, 0.29) is 0 Å². The van der Waals surface area contributed by atoms with Gasteiger partial charge in [-0.15, -0.1) is 0 Å². The van der Waals surface area contributed by atoms with Gasteiger partial charge in [0.25, 0.3) is 5.91 Å². The highest BCUT2D eigenvalue weighted by atomic mass is 32.1. The highest BCUT2D eigenvalue weighted by Crippen LogP contribution is 1.98. The molecule has 0 aromatic rings. The molecule has 76 valence electrons. The maximum atomic E-state index is 11.1. The summed E-state index contributed by atoms with van der Waals surface area (Å²) in [6.07, 6.45) is 0. The quantitative estimate of drug-likeness (QED) is 0.353. The van der Waals surface area contributed by atoms with E-state index in [0.29, 0.717) is 11.7 Å². The van der Waals surface area contributed by atoms with Gasteiger partial charge >= 0.3 is 0 Å². The lowest BCUT2D eigenvalue weighted by atomic mass is 10.1. The van der Waals surface area contributed by atoms with Gasteiger partial charge in [-0.3, -0.25) is 15.6 Å². The van der Waals surface area contributed by atoms with Gasteiger partial charge in [0, 0.05) is 6.54 Å². The number of carbonyl (C=O) groups is 1. The van der Waals surface area contributed by atoms with Crippen LogP contribution in [-0.2, 0) is 4.79 Å². The average Bonchev–Trinajstić information content (AvgIpc) is 1.99. The molecule has 5 nitrogen and oxygen atoms in total. The lowest BCUT2D eigenvalue weighted by Crippen LogP contribution is -2.52. The molecule has 0 aromatic heterocycles. The number of rotatable bonds is 2. The summed E-state index contributed by atoms with van der Waals surface area (Å²) in [5.74, 6) is -0.534. The molecule has 1 amide bonds. The number of hydrazine groups is 1. The Morgan fingerprint density at radius 3 is 2.38 bits per heavy atom. The highest BCUT2D eigenvalue weighted by Gasteiger charge is 2.23. The van der Waals surface area contributed by atoms with Crippen molar-refractivity contribution in [2.75, 3.05) is 6.54 Å². The van der Waals surface area contributed by atoms with Gasteiger partial charge in [-0.25, -0.2) is 0 Å². The van der Waals surface area contributed by atoms with E-state index >= 15 is 0 Å². The van der Waals surface area contributed by atoms with Gasteiger partial charge < -0.3 is 10.4 Å². The van der Waals surface area contributed by atoms with Gasteiger partial charge in [0.15, 0.2) is 5.11 Å². The molecule has 0 saturated carbocycles. The van der Waals surface area contributed by atoms with Crippen LogP contribution < -0.4 is 16.2 Å². The molecule has 0 unspecified atom stereocenters. The van der Waals surface area contributed by atoms with Crippen molar-refractivity contribution in [2.24, 2.45) is 0 Å². The molecule has 4 N–H and O–H groups in total. The molecule has 0 aliphatic rings. The summed E-state index contributed by atoms with van der Waals surface area (Å²) in [5, 5.41) is 12.3. The number of amides is 1. The van der Waals surface area contributed by atoms with Gasteiger partial charge in [0.05, 0.1) is 0 Å². The molecule has 0 aliphatic heterocycles. The number of aliphatic hydroxyl groups is 1. The molecule has 0 aliphatic carbocycles. The molecule has 0 radical (unpaired) electrons. The predicted molar refractivity (Wildman–Crippen MR) is 53.9 cm³/mol. The fourth-order valence-electron chi connectivity index (χ4n) is 0.471. The second-order valence-electron chi connectivity index (χ2n) is 3.00. The van der Waals surface area contributed by atoms with Crippen molar-refractivity contribution in [1.29, 1.82) is 0 Å². The first kappa shape index (κ1) is 12.1. The van der Waals surface area contributed by atoms with Crippen molar-refractivity contribution in [2.45, 2.75) is 26.4 Å². The molecule has 0 spiro atoms. The summed E-state index contributed by atoms with van der Waals surface area (Å²) in [7, 11) is 0. The zero-order valence-electron chi connectivity index (χ0n) is 7.97. The standard InChI is InChI=1S/C7H15N3O2S/c1-4-8-6(13)10-9-5(11)7(2,3)12/h12H,4H2,1-3H3,(H,9,11)(H2,8,10,13). The molecule has 13 heavy (non-hydrogen) atoms. The lowest BCUT2D eigenvalue weighted by molar-refractivity contribution is -0.137. The summed E-state index contributed by atoms with van der Waals surface area (Å²) in [6.45, 7) is 5.33. The second kappa shape index (κ2) is 4.98. The summed E-state index contributed by atoms with van der Waals surface area (Å²) in [4.78, 5) is 11.1. The van der Waals surface area contributed by atoms with E-state index in [1.807, 2.05) is 6.92 Å². The molecule has 0 bridgehead atoms. The van der Waals surface area contributed by atoms with Gasteiger partial charge in [0.1, 0.15) is 5.60 Å². The number of hydrogen-bond acceptors (Lipinski definition) is 3. The molecule has 0 fully saturated rings. The first-order valence-corrected chi connectivity index (χ1v) is 4.35. The van der Waals surface area contributed by atoms with Crippen molar-refractivity contribution in [3.05, 3.63) is 0 Å². The van der Waals surface area contributed by atoms with Crippen LogP contribution in [-0.4, -0.2) is 28.3 Å². The monoisotopic (exact) mass is 205 g/mol. The third-order valence-corrected chi connectivity index (χ3v) is 1.43. The van der Waals surface area contributed by atoms with Gasteiger partial charge in [-0.2, -0.15) is 0 Å². The number of carbonyl (C=O) groups excluding carboxylic acids is 1. The Bertz CT molecular complexity index is 200. The first-order valence-electron chi connectivity index (χ1n) is 3.94. The third kappa shape index (κ3) is 5.37. The highest BCUT2D eigenvalue weighted by molar-refractivity contribution is 7.80. The second-order valence-corrected chi connectivity index (χ2v) is 3.41. The van der Waals surface area contributed by atoms with Crippen molar-refractivity contribution in [1.82, 2.24) is 16.2 Å². The fourth-order valence-corrected chi connectivity index (χ4v) is 0.667.